The van der Waals surface area contributed by atoms with Gasteiger partial charge in [-0.1, -0.05) is 6.92 Å². The maximum absolute atomic E-state index is 13.3. The standard InChI is InChI=1S/C21H24FN5O4/c1-3-27-19-18(13(2)24-27)25(12-17(28)23-15-8-6-14(22)7-9-15)21(30)26(20(19)29)11-16-5-4-10-31-16/h4-10,13,18-19,24H,3,11-12H2,1-2H3,(H,23,28). The van der Waals surface area contributed by atoms with Gasteiger partial charge in [-0.3, -0.25) is 14.5 Å². The minimum absolute atomic E-state index is 0.0180. The van der Waals surface area contributed by atoms with E-state index in [1.54, 1.807) is 17.1 Å². The van der Waals surface area contributed by atoms with Gasteiger partial charge in [0, 0.05) is 18.3 Å². The zero-order valence-electron chi connectivity index (χ0n) is 17.2. The van der Waals surface area contributed by atoms with Gasteiger partial charge in [0.1, 0.15) is 24.2 Å². The number of nitrogens with zero attached hydrogens (tertiary/aromatic N) is 3. The molecule has 2 aromatic rings. The number of rotatable bonds is 6. The molecule has 1 aromatic carbocycles. The van der Waals surface area contributed by atoms with E-state index in [9.17, 15) is 18.8 Å². The van der Waals surface area contributed by atoms with Crippen LogP contribution in [0, 0.1) is 5.82 Å². The summed E-state index contributed by atoms with van der Waals surface area (Å²) in [6.45, 7) is 4.07. The fraction of sp³-hybridized carbons (Fsp3) is 0.381. The number of amides is 4. The van der Waals surface area contributed by atoms with E-state index in [2.05, 4.69) is 10.7 Å². The number of nitrogens with one attached hydrogen (secondary N) is 2. The molecule has 164 valence electrons. The normalized spacial score (nSPS) is 23.9. The predicted molar refractivity (Wildman–Crippen MR) is 109 cm³/mol. The van der Waals surface area contributed by atoms with Crippen LogP contribution in [0.5, 0.6) is 0 Å². The number of carbonyl (C=O) groups excluding carboxylic acids is 3. The Morgan fingerprint density at radius 3 is 2.61 bits per heavy atom. The molecule has 0 aliphatic carbocycles. The molecule has 0 bridgehead atoms. The molecule has 3 atom stereocenters. The fourth-order valence-electron chi connectivity index (χ4n) is 4.19. The molecule has 31 heavy (non-hydrogen) atoms. The first-order valence-electron chi connectivity index (χ1n) is 10.1. The van der Waals surface area contributed by atoms with Crippen LogP contribution in [0.1, 0.15) is 19.6 Å². The molecular formula is C21H24FN5O4. The molecule has 9 nitrogen and oxygen atoms in total. The number of benzene rings is 1. The molecule has 1 aromatic heterocycles. The largest absolute Gasteiger partial charge is 0.467 e. The monoisotopic (exact) mass is 429 g/mol. The average Bonchev–Trinajstić information content (AvgIpc) is 3.37. The fourth-order valence-corrected chi connectivity index (χ4v) is 4.19. The number of urea groups is 1. The lowest BCUT2D eigenvalue weighted by molar-refractivity contribution is -0.140. The summed E-state index contributed by atoms with van der Waals surface area (Å²) >= 11 is 0. The smallest absolute Gasteiger partial charge is 0.328 e. The van der Waals surface area contributed by atoms with E-state index < -0.39 is 29.8 Å². The second kappa shape index (κ2) is 8.48. The second-order valence-corrected chi connectivity index (χ2v) is 7.61. The van der Waals surface area contributed by atoms with Crippen LogP contribution in [-0.2, 0) is 16.1 Å². The summed E-state index contributed by atoms with van der Waals surface area (Å²) in [5, 5.41) is 4.47. The van der Waals surface area contributed by atoms with Gasteiger partial charge in [0.05, 0.1) is 18.8 Å². The van der Waals surface area contributed by atoms with Crippen molar-refractivity contribution in [3.63, 3.8) is 0 Å². The molecule has 0 saturated carbocycles. The summed E-state index contributed by atoms with van der Waals surface area (Å²) in [5.41, 5.74) is 3.65. The van der Waals surface area contributed by atoms with Crippen molar-refractivity contribution in [2.45, 2.75) is 38.5 Å². The molecule has 0 spiro atoms. The van der Waals surface area contributed by atoms with Crippen LogP contribution in [0.4, 0.5) is 14.9 Å². The number of carbonyl (C=O) groups is 3. The molecule has 2 fully saturated rings. The highest BCUT2D eigenvalue weighted by Crippen LogP contribution is 2.29. The van der Waals surface area contributed by atoms with E-state index in [1.807, 2.05) is 13.8 Å². The summed E-state index contributed by atoms with van der Waals surface area (Å²) in [7, 11) is 0. The Kier molecular flexibility index (Phi) is 5.75. The molecule has 2 saturated heterocycles. The summed E-state index contributed by atoms with van der Waals surface area (Å²) < 4.78 is 18.4. The summed E-state index contributed by atoms with van der Waals surface area (Å²) in [4.78, 5) is 41.8. The van der Waals surface area contributed by atoms with Crippen molar-refractivity contribution in [2.75, 3.05) is 18.4 Å². The van der Waals surface area contributed by atoms with Crippen molar-refractivity contribution in [1.82, 2.24) is 20.2 Å². The van der Waals surface area contributed by atoms with Gasteiger partial charge in [-0.25, -0.2) is 19.6 Å². The van der Waals surface area contributed by atoms with Crippen LogP contribution in [0.25, 0.3) is 0 Å². The van der Waals surface area contributed by atoms with Crippen LogP contribution in [0.15, 0.2) is 47.1 Å². The first-order valence-corrected chi connectivity index (χ1v) is 10.1. The molecule has 4 amide bonds. The van der Waals surface area contributed by atoms with Gasteiger partial charge in [0.25, 0.3) is 5.91 Å². The van der Waals surface area contributed by atoms with Crippen LogP contribution in [0.3, 0.4) is 0 Å². The van der Waals surface area contributed by atoms with Crippen LogP contribution in [-0.4, -0.2) is 63.9 Å². The maximum atomic E-state index is 13.3. The molecular weight excluding hydrogens is 405 g/mol. The van der Waals surface area contributed by atoms with E-state index >= 15 is 0 Å². The molecule has 3 unspecified atom stereocenters. The van der Waals surface area contributed by atoms with Gasteiger partial charge < -0.3 is 14.6 Å². The Balaban J connectivity index is 1.58. The minimum Gasteiger partial charge on any atom is -0.467 e. The highest BCUT2D eigenvalue weighted by atomic mass is 19.1. The van der Waals surface area contributed by atoms with Crippen molar-refractivity contribution in [2.24, 2.45) is 0 Å². The van der Waals surface area contributed by atoms with Gasteiger partial charge in [0.2, 0.25) is 5.91 Å². The lowest BCUT2D eigenvalue weighted by Crippen LogP contribution is -2.67. The van der Waals surface area contributed by atoms with E-state index in [0.29, 0.717) is 18.0 Å². The van der Waals surface area contributed by atoms with E-state index in [-0.39, 0.29) is 25.0 Å². The molecule has 2 aliphatic heterocycles. The zero-order chi connectivity index (χ0) is 22.1. The van der Waals surface area contributed by atoms with Gasteiger partial charge in [-0.2, -0.15) is 0 Å². The van der Waals surface area contributed by atoms with Crippen molar-refractivity contribution in [1.29, 1.82) is 0 Å². The number of anilines is 1. The van der Waals surface area contributed by atoms with Crippen molar-refractivity contribution < 1.29 is 23.2 Å². The Hall–Kier alpha value is -3.24. The number of hydrogen-bond donors (Lipinski definition) is 2. The van der Waals surface area contributed by atoms with Crippen molar-refractivity contribution in [3.8, 4) is 0 Å². The van der Waals surface area contributed by atoms with Gasteiger partial charge in [-0.05, 0) is 43.3 Å². The van der Waals surface area contributed by atoms with Gasteiger partial charge >= 0.3 is 6.03 Å². The number of halogens is 1. The summed E-state index contributed by atoms with van der Waals surface area (Å²) in [6.07, 6.45) is 1.47. The second-order valence-electron chi connectivity index (χ2n) is 7.61. The molecule has 10 heteroatoms. The summed E-state index contributed by atoms with van der Waals surface area (Å²) in [6, 6.07) is 6.84. The van der Waals surface area contributed by atoms with Gasteiger partial charge in [0.15, 0.2) is 0 Å². The van der Waals surface area contributed by atoms with E-state index in [0.717, 1.165) is 4.90 Å². The molecule has 4 rings (SSSR count). The molecule has 3 heterocycles. The first kappa shape index (κ1) is 21.0. The number of hydrogen-bond acceptors (Lipinski definition) is 6. The lowest BCUT2D eigenvalue weighted by Gasteiger charge is -2.43. The van der Waals surface area contributed by atoms with Crippen molar-refractivity contribution >= 4 is 23.5 Å². The van der Waals surface area contributed by atoms with Crippen LogP contribution in [0.2, 0.25) is 0 Å². The summed E-state index contributed by atoms with van der Waals surface area (Å²) in [5.74, 6) is -0.712. The van der Waals surface area contributed by atoms with Crippen LogP contribution < -0.4 is 10.7 Å². The predicted octanol–water partition coefficient (Wildman–Crippen LogP) is 1.79. The highest BCUT2D eigenvalue weighted by molar-refractivity contribution is 6.03. The van der Waals surface area contributed by atoms with E-state index in [4.69, 9.17) is 4.42 Å². The lowest BCUT2D eigenvalue weighted by atomic mass is 9.97. The maximum Gasteiger partial charge on any atom is 0.328 e. The number of furan rings is 1. The van der Waals surface area contributed by atoms with Crippen LogP contribution >= 0.6 is 0 Å². The highest BCUT2D eigenvalue weighted by Gasteiger charge is 2.55. The number of likely N-dealkylation sites (N-methyl/N-ethyl adjacent to an activating group) is 1. The number of hydrazine groups is 1. The third-order valence-electron chi connectivity index (χ3n) is 5.57. The van der Waals surface area contributed by atoms with Crippen molar-refractivity contribution in [3.05, 3.63) is 54.2 Å². The third-order valence-corrected chi connectivity index (χ3v) is 5.57. The third kappa shape index (κ3) is 4.04. The molecule has 2 aliphatic rings. The Morgan fingerprint density at radius 2 is 1.97 bits per heavy atom. The Labute approximate surface area is 178 Å². The van der Waals surface area contributed by atoms with Gasteiger partial charge in [-0.15, -0.1) is 0 Å². The Morgan fingerprint density at radius 1 is 1.23 bits per heavy atom. The zero-order valence-corrected chi connectivity index (χ0v) is 17.2. The quantitative estimate of drug-likeness (QED) is 0.727. The molecule has 2 N–H and O–H groups in total. The van der Waals surface area contributed by atoms with E-state index in [1.165, 1.54) is 35.4 Å². The topological polar surface area (TPSA) is 98.1 Å². The molecule has 0 radical (unpaired) electrons. The SMILES string of the molecule is CCN1NC(C)C2C1C(=O)N(Cc1ccco1)C(=O)N2CC(=O)Nc1ccc(F)cc1. The number of imide groups is 1. The first-order chi connectivity index (χ1) is 14.9. The minimum atomic E-state index is -0.619. The number of fused-ring (bicyclic) bond motifs is 1. The average molecular weight is 429 g/mol. The Bertz CT molecular complexity index is 965.